The van der Waals surface area contributed by atoms with E-state index >= 15 is 0 Å². The van der Waals surface area contributed by atoms with E-state index in [2.05, 4.69) is 10.3 Å². The molecule has 0 unspecified atom stereocenters. The SMILES string of the molecule is CC(=O)Nc1nc(C(=O)OCC(=O)c2ccc3c(c2)CCC3)cs1. The first kappa shape index (κ1) is 16.3. The fraction of sp³-hybridized carbons (Fsp3) is 0.294. The van der Waals surface area contributed by atoms with Gasteiger partial charge in [0.25, 0.3) is 0 Å². The number of aryl methyl sites for hydroxylation is 2. The summed E-state index contributed by atoms with van der Waals surface area (Å²) in [7, 11) is 0. The van der Waals surface area contributed by atoms with Gasteiger partial charge in [0.05, 0.1) is 0 Å². The van der Waals surface area contributed by atoms with Crippen molar-refractivity contribution in [3.05, 3.63) is 46.0 Å². The molecular formula is C17H16N2O4S. The van der Waals surface area contributed by atoms with Gasteiger partial charge >= 0.3 is 5.97 Å². The Morgan fingerprint density at radius 2 is 2.04 bits per heavy atom. The summed E-state index contributed by atoms with van der Waals surface area (Å²) < 4.78 is 5.02. The van der Waals surface area contributed by atoms with Crippen molar-refractivity contribution in [1.29, 1.82) is 0 Å². The average Bonchev–Trinajstić information content (AvgIpc) is 3.19. The molecule has 3 rings (SSSR count). The number of ether oxygens (including phenoxy) is 1. The molecule has 0 fully saturated rings. The summed E-state index contributed by atoms with van der Waals surface area (Å²) in [6, 6.07) is 5.63. The van der Waals surface area contributed by atoms with Gasteiger partial charge in [-0.05, 0) is 36.5 Å². The lowest BCUT2D eigenvalue weighted by atomic mass is 10.0. The zero-order valence-corrected chi connectivity index (χ0v) is 13.9. The van der Waals surface area contributed by atoms with Crippen molar-refractivity contribution < 1.29 is 19.1 Å². The molecule has 1 amide bonds. The van der Waals surface area contributed by atoms with E-state index in [0.29, 0.717) is 10.7 Å². The number of hydrogen-bond donors (Lipinski definition) is 1. The van der Waals surface area contributed by atoms with Gasteiger partial charge in [-0.3, -0.25) is 9.59 Å². The van der Waals surface area contributed by atoms with Crippen LogP contribution in [0, 0.1) is 0 Å². The first-order valence-corrected chi connectivity index (χ1v) is 8.46. The van der Waals surface area contributed by atoms with Gasteiger partial charge in [-0.15, -0.1) is 11.3 Å². The lowest BCUT2D eigenvalue weighted by Gasteiger charge is -2.05. The minimum atomic E-state index is -0.683. The van der Waals surface area contributed by atoms with Crippen LogP contribution in [0.1, 0.15) is 45.3 Å². The molecule has 124 valence electrons. The number of benzene rings is 1. The van der Waals surface area contributed by atoms with Crippen LogP contribution in [-0.2, 0) is 22.4 Å². The average molecular weight is 344 g/mol. The Morgan fingerprint density at radius 1 is 1.25 bits per heavy atom. The van der Waals surface area contributed by atoms with Crippen LogP contribution in [0.5, 0.6) is 0 Å². The summed E-state index contributed by atoms with van der Waals surface area (Å²) in [6.45, 7) is 1.03. The largest absolute Gasteiger partial charge is 0.453 e. The van der Waals surface area contributed by atoms with Crippen molar-refractivity contribution in [3.8, 4) is 0 Å². The van der Waals surface area contributed by atoms with Crippen molar-refractivity contribution in [3.63, 3.8) is 0 Å². The maximum Gasteiger partial charge on any atom is 0.358 e. The highest BCUT2D eigenvalue weighted by Gasteiger charge is 2.17. The van der Waals surface area contributed by atoms with Gasteiger partial charge in [0.1, 0.15) is 0 Å². The van der Waals surface area contributed by atoms with Crippen LogP contribution in [0.4, 0.5) is 5.13 Å². The number of amides is 1. The zero-order valence-electron chi connectivity index (χ0n) is 13.1. The number of rotatable bonds is 5. The van der Waals surface area contributed by atoms with Gasteiger partial charge in [0.2, 0.25) is 5.91 Å². The van der Waals surface area contributed by atoms with Gasteiger partial charge in [-0.1, -0.05) is 12.1 Å². The third-order valence-electron chi connectivity index (χ3n) is 3.75. The van der Waals surface area contributed by atoms with E-state index in [0.717, 1.165) is 30.6 Å². The normalized spacial score (nSPS) is 12.5. The van der Waals surface area contributed by atoms with E-state index in [1.807, 2.05) is 12.1 Å². The molecule has 1 aromatic heterocycles. The topological polar surface area (TPSA) is 85.4 Å². The molecule has 1 N–H and O–H groups in total. The highest BCUT2D eigenvalue weighted by atomic mass is 32.1. The Morgan fingerprint density at radius 3 is 2.83 bits per heavy atom. The minimum Gasteiger partial charge on any atom is -0.453 e. The second kappa shape index (κ2) is 6.92. The second-order valence-electron chi connectivity index (χ2n) is 5.56. The molecule has 0 spiro atoms. The fourth-order valence-corrected chi connectivity index (χ4v) is 3.34. The highest BCUT2D eigenvalue weighted by Crippen LogP contribution is 2.23. The number of esters is 1. The Labute approximate surface area is 142 Å². The summed E-state index contributed by atoms with van der Waals surface area (Å²) in [4.78, 5) is 39.0. The summed E-state index contributed by atoms with van der Waals surface area (Å²) >= 11 is 1.12. The van der Waals surface area contributed by atoms with E-state index in [-0.39, 0.29) is 24.0 Å². The van der Waals surface area contributed by atoms with Crippen molar-refractivity contribution in [2.24, 2.45) is 0 Å². The number of carbonyl (C=O) groups excluding carboxylic acids is 3. The number of hydrogen-bond acceptors (Lipinski definition) is 6. The van der Waals surface area contributed by atoms with Crippen LogP contribution in [0.2, 0.25) is 0 Å². The van der Waals surface area contributed by atoms with Gasteiger partial charge in [0, 0.05) is 17.9 Å². The number of ketones is 1. The third-order valence-corrected chi connectivity index (χ3v) is 4.51. The number of Topliss-reactive ketones (excluding diaryl/α,β-unsaturated/α-hetero) is 1. The van der Waals surface area contributed by atoms with Crippen LogP contribution in [0.25, 0.3) is 0 Å². The molecule has 0 atom stereocenters. The molecule has 0 saturated heterocycles. The fourth-order valence-electron chi connectivity index (χ4n) is 2.61. The molecule has 7 heteroatoms. The maximum atomic E-state index is 12.2. The van der Waals surface area contributed by atoms with Gasteiger partial charge in [0.15, 0.2) is 23.2 Å². The van der Waals surface area contributed by atoms with Crippen LogP contribution in [0.15, 0.2) is 23.6 Å². The van der Waals surface area contributed by atoms with E-state index in [4.69, 9.17) is 4.74 Å². The molecule has 1 heterocycles. The van der Waals surface area contributed by atoms with E-state index < -0.39 is 5.97 Å². The molecule has 1 aliphatic carbocycles. The maximum absolute atomic E-state index is 12.2. The molecule has 0 saturated carbocycles. The Balaban J connectivity index is 1.58. The smallest absolute Gasteiger partial charge is 0.358 e. The number of fused-ring (bicyclic) bond motifs is 1. The molecular weight excluding hydrogens is 328 g/mol. The molecule has 2 aromatic rings. The summed E-state index contributed by atoms with van der Waals surface area (Å²) in [5.41, 5.74) is 3.12. The van der Waals surface area contributed by atoms with Crippen molar-refractivity contribution in [2.45, 2.75) is 26.2 Å². The lowest BCUT2D eigenvalue weighted by Crippen LogP contribution is -2.15. The van der Waals surface area contributed by atoms with Gasteiger partial charge in [-0.2, -0.15) is 0 Å². The third kappa shape index (κ3) is 3.68. The van der Waals surface area contributed by atoms with Gasteiger partial charge in [-0.25, -0.2) is 9.78 Å². The molecule has 24 heavy (non-hydrogen) atoms. The number of nitrogens with zero attached hydrogens (tertiary/aromatic N) is 1. The minimum absolute atomic E-state index is 0.0745. The van der Waals surface area contributed by atoms with E-state index in [1.165, 1.54) is 23.4 Å². The van der Waals surface area contributed by atoms with Crippen molar-refractivity contribution in [1.82, 2.24) is 4.98 Å². The number of carbonyl (C=O) groups is 3. The molecule has 0 bridgehead atoms. The molecule has 0 aliphatic heterocycles. The number of nitrogens with one attached hydrogen (secondary N) is 1. The first-order chi connectivity index (χ1) is 11.5. The summed E-state index contributed by atoms with van der Waals surface area (Å²) in [5.74, 6) is -1.19. The Hall–Kier alpha value is -2.54. The van der Waals surface area contributed by atoms with Crippen molar-refractivity contribution >= 4 is 34.1 Å². The number of aromatic nitrogens is 1. The van der Waals surface area contributed by atoms with Crippen LogP contribution >= 0.6 is 11.3 Å². The summed E-state index contributed by atoms with van der Waals surface area (Å²) in [5, 5.41) is 4.29. The van der Waals surface area contributed by atoms with Gasteiger partial charge < -0.3 is 10.1 Å². The molecule has 0 radical (unpaired) electrons. The van der Waals surface area contributed by atoms with E-state index in [1.54, 1.807) is 6.07 Å². The van der Waals surface area contributed by atoms with Crippen LogP contribution in [-0.4, -0.2) is 29.3 Å². The predicted molar refractivity (Wildman–Crippen MR) is 89.5 cm³/mol. The predicted octanol–water partition coefficient (Wildman–Crippen LogP) is 2.63. The summed E-state index contributed by atoms with van der Waals surface area (Å²) in [6.07, 6.45) is 3.16. The van der Waals surface area contributed by atoms with Crippen molar-refractivity contribution in [2.75, 3.05) is 11.9 Å². The number of anilines is 1. The van der Waals surface area contributed by atoms with E-state index in [9.17, 15) is 14.4 Å². The molecule has 6 nitrogen and oxygen atoms in total. The Bertz CT molecular complexity index is 813. The monoisotopic (exact) mass is 344 g/mol. The lowest BCUT2D eigenvalue weighted by molar-refractivity contribution is -0.114. The highest BCUT2D eigenvalue weighted by molar-refractivity contribution is 7.14. The van der Waals surface area contributed by atoms with Crippen LogP contribution < -0.4 is 5.32 Å². The Kier molecular flexibility index (Phi) is 4.71. The molecule has 1 aliphatic rings. The quantitative estimate of drug-likeness (QED) is 0.666. The molecule has 1 aromatic carbocycles. The zero-order chi connectivity index (χ0) is 17.1. The second-order valence-corrected chi connectivity index (χ2v) is 6.41. The number of thiazole rings is 1. The van der Waals surface area contributed by atoms with Crippen LogP contribution in [0.3, 0.4) is 0 Å². The first-order valence-electron chi connectivity index (χ1n) is 7.58. The standard InChI is InChI=1S/C17H16N2O4S/c1-10(20)18-17-19-14(9-24-17)16(22)23-8-15(21)13-6-5-11-3-2-4-12(11)7-13/h5-7,9H,2-4,8H2,1H3,(H,18,19,20).